The van der Waals surface area contributed by atoms with E-state index in [0.29, 0.717) is 18.2 Å². The van der Waals surface area contributed by atoms with Gasteiger partial charge in [0.05, 0.1) is 12.8 Å². The van der Waals surface area contributed by atoms with Gasteiger partial charge in [0.15, 0.2) is 0 Å². The second kappa shape index (κ2) is 8.94. The van der Waals surface area contributed by atoms with Crippen molar-refractivity contribution in [3.05, 3.63) is 77.4 Å². The van der Waals surface area contributed by atoms with E-state index >= 15 is 0 Å². The predicted octanol–water partition coefficient (Wildman–Crippen LogP) is 3.84. The van der Waals surface area contributed by atoms with Gasteiger partial charge in [0, 0.05) is 12.2 Å². The third-order valence-electron chi connectivity index (χ3n) is 4.06. The molecule has 0 aliphatic heterocycles. The fourth-order valence-electron chi connectivity index (χ4n) is 2.62. The first-order valence-corrected chi connectivity index (χ1v) is 8.83. The molecule has 28 heavy (non-hydrogen) atoms. The van der Waals surface area contributed by atoms with E-state index in [1.54, 1.807) is 32.2 Å². The molecule has 7 heteroatoms. The molecule has 6 nitrogen and oxygen atoms in total. The Kier molecular flexibility index (Phi) is 6.16. The molecule has 0 aliphatic carbocycles. The first-order chi connectivity index (χ1) is 13.5. The summed E-state index contributed by atoms with van der Waals surface area (Å²) in [4.78, 5) is 21.0. The number of ether oxygens (including phenoxy) is 1. The molecule has 0 saturated heterocycles. The highest BCUT2D eigenvalue weighted by atomic mass is 19.1. The Hall–Kier alpha value is -3.48. The summed E-state index contributed by atoms with van der Waals surface area (Å²) in [6.45, 7) is 2.38. The van der Waals surface area contributed by atoms with E-state index in [4.69, 9.17) is 4.74 Å². The van der Waals surface area contributed by atoms with Crippen molar-refractivity contribution in [3.8, 4) is 5.75 Å². The molecule has 3 rings (SSSR count). The molecule has 0 aliphatic rings. The number of amides is 1. The maximum absolute atomic E-state index is 13.7. The number of aromatic nitrogens is 2. The summed E-state index contributed by atoms with van der Waals surface area (Å²) >= 11 is 0. The Labute approximate surface area is 162 Å². The Morgan fingerprint density at radius 3 is 2.57 bits per heavy atom. The van der Waals surface area contributed by atoms with Crippen molar-refractivity contribution in [2.24, 2.45) is 0 Å². The predicted molar refractivity (Wildman–Crippen MR) is 106 cm³/mol. The number of aryl methyl sites for hydroxylation is 1. The molecule has 1 aromatic heterocycles. The van der Waals surface area contributed by atoms with E-state index in [9.17, 15) is 9.18 Å². The van der Waals surface area contributed by atoms with Gasteiger partial charge in [-0.3, -0.25) is 4.79 Å². The van der Waals surface area contributed by atoms with Crippen LogP contribution in [0.1, 0.15) is 21.7 Å². The van der Waals surface area contributed by atoms with Crippen LogP contribution in [0.25, 0.3) is 0 Å². The zero-order chi connectivity index (χ0) is 19.9. The van der Waals surface area contributed by atoms with Crippen molar-refractivity contribution in [3.63, 3.8) is 0 Å². The highest BCUT2D eigenvalue weighted by molar-refractivity contribution is 6.03. The Balaban J connectivity index is 1.63. The van der Waals surface area contributed by atoms with Crippen molar-refractivity contribution in [1.29, 1.82) is 0 Å². The second-order valence-electron chi connectivity index (χ2n) is 6.18. The first-order valence-electron chi connectivity index (χ1n) is 8.83. The summed E-state index contributed by atoms with van der Waals surface area (Å²) in [5.41, 5.74) is 2.06. The lowest BCUT2D eigenvalue weighted by Gasteiger charge is -2.09. The van der Waals surface area contributed by atoms with Gasteiger partial charge in [-0.25, -0.2) is 14.4 Å². The molecule has 1 heterocycles. The van der Waals surface area contributed by atoms with Crippen molar-refractivity contribution < 1.29 is 13.9 Å². The van der Waals surface area contributed by atoms with E-state index in [0.717, 1.165) is 17.7 Å². The normalized spacial score (nSPS) is 10.4. The van der Waals surface area contributed by atoms with Crippen LogP contribution in [0.5, 0.6) is 5.75 Å². The SMILES string of the molecule is COc1ccc(CCNc2nc(C)cc(C(=O)Nc3ccccc3F)n2)cc1. The first kappa shape index (κ1) is 19.3. The molecule has 3 aromatic rings. The molecule has 0 radical (unpaired) electrons. The summed E-state index contributed by atoms with van der Waals surface area (Å²) in [5, 5.41) is 5.66. The van der Waals surface area contributed by atoms with Crippen molar-refractivity contribution in [1.82, 2.24) is 9.97 Å². The van der Waals surface area contributed by atoms with Gasteiger partial charge in [-0.05, 0) is 49.2 Å². The number of hydrogen-bond donors (Lipinski definition) is 2. The Morgan fingerprint density at radius 2 is 1.86 bits per heavy atom. The third kappa shape index (κ3) is 5.03. The molecule has 2 aromatic carbocycles. The zero-order valence-corrected chi connectivity index (χ0v) is 15.7. The Bertz CT molecular complexity index is 961. The molecule has 0 unspecified atom stereocenters. The number of nitrogens with zero attached hydrogens (tertiary/aromatic N) is 2. The lowest BCUT2D eigenvalue weighted by molar-refractivity contribution is 0.102. The fourth-order valence-corrected chi connectivity index (χ4v) is 2.62. The molecular formula is C21H21FN4O2. The number of benzene rings is 2. The molecule has 1 amide bonds. The van der Waals surface area contributed by atoms with Gasteiger partial charge in [0.1, 0.15) is 17.3 Å². The number of halogens is 1. The standard InChI is InChI=1S/C21H21FN4O2/c1-14-13-19(20(27)25-18-6-4-3-5-17(18)22)26-21(24-14)23-12-11-15-7-9-16(28-2)10-8-15/h3-10,13H,11-12H2,1-2H3,(H,25,27)(H,23,24,26). The lowest BCUT2D eigenvalue weighted by Crippen LogP contribution is -2.17. The van der Waals surface area contributed by atoms with Crippen LogP contribution in [0, 0.1) is 12.7 Å². The third-order valence-corrected chi connectivity index (χ3v) is 4.06. The molecule has 0 bridgehead atoms. The van der Waals surface area contributed by atoms with Gasteiger partial charge in [0.2, 0.25) is 5.95 Å². The van der Waals surface area contributed by atoms with Crippen molar-refractivity contribution >= 4 is 17.5 Å². The van der Waals surface area contributed by atoms with Gasteiger partial charge in [-0.2, -0.15) is 0 Å². The van der Waals surface area contributed by atoms with Gasteiger partial charge >= 0.3 is 0 Å². The summed E-state index contributed by atoms with van der Waals surface area (Å²) in [7, 11) is 1.63. The van der Waals surface area contributed by atoms with Crippen molar-refractivity contribution in [2.75, 3.05) is 24.3 Å². The average Bonchev–Trinajstić information content (AvgIpc) is 2.70. The minimum atomic E-state index is -0.500. The molecular weight excluding hydrogens is 359 g/mol. The minimum Gasteiger partial charge on any atom is -0.497 e. The number of carbonyl (C=O) groups excluding carboxylic acids is 1. The fraction of sp³-hybridized carbons (Fsp3) is 0.190. The van der Waals surface area contributed by atoms with Crippen LogP contribution in [-0.2, 0) is 6.42 Å². The number of para-hydroxylation sites is 1. The quantitative estimate of drug-likeness (QED) is 0.651. The van der Waals surface area contributed by atoms with Crippen LogP contribution in [0.3, 0.4) is 0 Å². The maximum Gasteiger partial charge on any atom is 0.274 e. The number of anilines is 2. The molecule has 0 fully saturated rings. The van der Waals surface area contributed by atoms with E-state index in [2.05, 4.69) is 20.6 Å². The molecule has 0 spiro atoms. The van der Waals surface area contributed by atoms with Crippen LogP contribution in [0.2, 0.25) is 0 Å². The highest BCUT2D eigenvalue weighted by Gasteiger charge is 2.12. The van der Waals surface area contributed by atoms with Gasteiger partial charge < -0.3 is 15.4 Å². The smallest absolute Gasteiger partial charge is 0.274 e. The molecule has 0 atom stereocenters. The van der Waals surface area contributed by atoms with E-state index in [-0.39, 0.29) is 11.4 Å². The maximum atomic E-state index is 13.7. The second-order valence-corrected chi connectivity index (χ2v) is 6.18. The topological polar surface area (TPSA) is 76.1 Å². The van der Waals surface area contributed by atoms with Crippen LogP contribution in [0.15, 0.2) is 54.6 Å². The summed E-state index contributed by atoms with van der Waals surface area (Å²) < 4.78 is 18.9. The average molecular weight is 380 g/mol. The lowest BCUT2D eigenvalue weighted by atomic mass is 10.1. The monoisotopic (exact) mass is 380 g/mol. The summed E-state index contributed by atoms with van der Waals surface area (Å²) in [6, 6.07) is 15.3. The number of rotatable bonds is 7. The summed E-state index contributed by atoms with van der Waals surface area (Å²) in [6.07, 6.45) is 0.762. The van der Waals surface area contributed by atoms with Gasteiger partial charge in [-0.1, -0.05) is 24.3 Å². The largest absolute Gasteiger partial charge is 0.497 e. The Morgan fingerprint density at radius 1 is 1.11 bits per heavy atom. The van der Waals surface area contributed by atoms with Gasteiger partial charge in [0.25, 0.3) is 5.91 Å². The number of carbonyl (C=O) groups is 1. The van der Waals surface area contributed by atoms with E-state index in [1.165, 1.54) is 12.1 Å². The van der Waals surface area contributed by atoms with E-state index < -0.39 is 11.7 Å². The van der Waals surface area contributed by atoms with Crippen LogP contribution in [0.4, 0.5) is 16.0 Å². The number of nitrogens with one attached hydrogen (secondary N) is 2. The molecule has 0 saturated carbocycles. The number of methoxy groups -OCH3 is 1. The van der Waals surface area contributed by atoms with Crippen LogP contribution in [-0.4, -0.2) is 29.5 Å². The van der Waals surface area contributed by atoms with Gasteiger partial charge in [-0.15, -0.1) is 0 Å². The molecule has 2 N–H and O–H groups in total. The summed E-state index contributed by atoms with van der Waals surface area (Å²) in [5.74, 6) is 0.171. The van der Waals surface area contributed by atoms with Crippen LogP contribution >= 0.6 is 0 Å². The van der Waals surface area contributed by atoms with Crippen molar-refractivity contribution in [2.45, 2.75) is 13.3 Å². The minimum absolute atomic E-state index is 0.109. The number of hydrogen-bond acceptors (Lipinski definition) is 5. The van der Waals surface area contributed by atoms with E-state index in [1.807, 2.05) is 24.3 Å². The van der Waals surface area contributed by atoms with Crippen LogP contribution < -0.4 is 15.4 Å². The zero-order valence-electron chi connectivity index (χ0n) is 15.7. The highest BCUT2D eigenvalue weighted by Crippen LogP contribution is 2.15. The molecule has 144 valence electrons.